The lowest BCUT2D eigenvalue weighted by atomic mass is 10.1. The van der Waals surface area contributed by atoms with Crippen LogP contribution in [0, 0.1) is 12.7 Å². The van der Waals surface area contributed by atoms with Crippen molar-refractivity contribution in [2.24, 2.45) is 5.10 Å². The Morgan fingerprint density at radius 1 is 1.56 bits per heavy atom. The van der Waals surface area contributed by atoms with Crippen LogP contribution >= 0.6 is 0 Å². The number of hydrogen-bond donors (Lipinski definition) is 1. The first-order chi connectivity index (χ1) is 7.61. The van der Waals surface area contributed by atoms with E-state index in [1.54, 1.807) is 25.3 Å². The zero-order valence-electron chi connectivity index (χ0n) is 8.77. The van der Waals surface area contributed by atoms with Crippen molar-refractivity contribution in [3.63, 3.8) is 0 Å². The lowest BCUT2D eigenvalue weighted by Gasteiger charge is -2.17. The molecule has 1 aliphatic rings. The number of nitrogens with zero attached hydrogens (tertiary/aromatic N) is 2. The van der Waals surface area contributed by atoms with Gasteiger partial charge in [0.1, 0.15) is 11.4 Å². The van der Waals surface area contributed by atoms with Crippen LogP contribution in [0.3, 0.4) is 0 Å². The minimum atomic E-state index is -1.27. The number of carboxylic acids is 1. The smallest absolute Gasteiger partial charge is 0.340 e. The molecule has 0 saturated carbocycles. The molecule has 0 saturated heterocycles. The molecule has 2 rings (SSSR count). The van der Waals surface area contributed by atoms with E-state index >= 15 is 0 Å². The standard InChI is InChI=1S/C11H11FN2O2/c1-7-3-4-8(14-6-2-5-13-14)9(10(7)12)11(15)16/h3-5H,2,6H2,1H3,(H,15,16). The maximum absolute atomic E-state index is 13.7. The van der Waals surface area contributed by atoms with Crippen molar-refractivity contribution in [1.29, 1.82) is 0 Å². The second-order valence-electron chi connectivity index (χ2n) is 3.61. The lowest BCUT2D eigenvalue weighted by molar-refractivity contribution is 0.0692. The molecule has 0 bridgehead atoms. The van der Waals surface area contributed by atoms with Gasteiger partial charge in [-0.05, 0) is 18.6 Å². The first-order valence-corrected chi connectivity index (χ1v) is 4.93. The van der Waals surface area contributed by atoms with E-state index in [-0.39, 0.29) is 5.56 Å². The summed E-state index contributed by atoms with van der Waals surface area (Å²) >= 11 is 0. The van der Waals surface area contributed by atoms with Crippen LogP contribution in [0.15, 0.2) is 17.2 Å². The fraction of sp³-hybridized carbons (Fsp3) is 0.273. The number of aryl methyl sites for hydroxylation is 1. The van der Waals surface area contributed by atoms with Gasteiger partial charge in [-0.25, -0.2) is 9.18 Å². The van der Waals surface area contributed by atoms with E-state index in [4.69, 9.17) is 5.11 Å². The van der Waals surface area contributed by atoms with Crippen LogP contribution in [-0.2, 0) is 0 Å². The molecule has 1 N–H and O–H groups in total. The Bertz CT molecular complexity index is 471. The van der Waals surface area contributed by atoms with Gasteiger partial charge in [0.05, 0.1) is 5.69 Å². The van der Waals surface area contributed by atoms with Gasteiger partial charge in [-0.1, -0.05) is 6.07 Å². The molecule has 16 heavy (non-hydrogen) atoms. The minimum absolute atomic E-state index is 0.306. The molecule has 0 amide bonds. The number of anilines is 1. The summed E-state index contributed by atoms with van der Waals surface area (Å²) in [5.74, 6) is -1.95. The predicted molar refractivity (Wildman–Crippen MR) is 58.6 cm³/mol. The highest BCUT2D eigenvalue weighted by molar-refractivity contribution is 5.95. The highest BCUT2D eigenvalue weighted by Crippen LogP contribution is 2.27. The first-order valence-electron chi connectivity index (χ1n) is 4.93. The molecule has 0 atom stereocenters. The van der Waals surface area contributed by atoms with Crippen LogP contribution < -0.4 is 5.01 Å². The summed E-state index contributed by atoms with van der Waals surface area (Å²) < 4.78 is 13.7. The van der Waals surface area contributed by atoms with Crippen molar-refractivity contribution in [1.82, 2.24) is 0 Å². The normalized spacial score (nSPS) is 14.5. The topological polar surface area (TPSA) is 52.9 Å². The second-order valence-corrected chi connectivity index (χ2v) is 3.61. The third kappa shape index (κ3) is 1.64. The zero-order chi connectivity index (χ0) is 11.7. The van der Waals surface area contributed by atoms with Gasteiger partial charge in [0, 0.05) is 19.2 Å². The maximum Gasteiger partial charge on any atom is 0.340 e. The molecular weight excluding hydrogens is 211 g/mol. The molecule has 1 aromatic carbocycles. The van der Waals surface area contributed by atoms with Crippen LogP contribution in [-0.4, -0.2) is 23.8 Å². The number of halogens is 1. The summed E-state index contributed by atoms with van der Waals surface area (Å²) in [7, 11) is 0. The summed E-state index contributed by atoms with van der Waals surface area (Å²) in [5, 5.41) is 14.5. The maximum atomic E-state index is 13.7. The van der Waals surface area contributed by atoms with Crippen molar-refractivity contribution < 1.29 is 14.3 Å². The Balaban J connectivity index is 2.56. The van der Waals surface area contributed by atoms with Crippen molar-refractivity contribution in [2.75, 3.05) is 11.6 Å². The number of aromatic carboxylic acids is 1. The highest BCUT2D eigenvalue weighted by atomic mass is 19.1. The van der Waals surface area contributed by atoms with Gasteiger partial charge in [0.15, 0.2) is 0 Å². The summed E-state index contributed by atoms with van der Waals surface area (Å²) in [6.45, 7) is 2.13. The third-order valence-corrected chi connectivity index (χ3v) is 2.50. The van der Waals surface area contributed by atoms with Gasteiger partial charge in [-0.3, -0.25) is 5.01 Å². The monoisotopic (exact) mass is 222 g/mol. The Labute approximate surface area is 92.0 Å². The van der Waals surface area contributed by atoms with E-state index in [2.05, 4.69) is 5.10 Å². The second kappa shape index (κ2) is 3.92. The van der Waals surface area contributed by atoms with Crippen LogP contribution in [0.25, 0.3) is 0 Å². The summed E-state index contributed by atoms with van der Waals surface area (Å²) in [5.41, 5.74) is 0.327. The highest BCUT2D eigenvalue weighted by Gasteiger charge is 2.22. The van der Waals surface area contributed by atoms with E-state index in [1.165, 1.54) is 5.01 Å². The van der Waals surface area contributed by atoms with E-state index in [9.17, 15) is 9.18 Å². The lowest BCUT2D eigenvalue weighted by Crippen LogP contribution is -2.17. The molecular formula is C11H11FN2O2. The largest absolute Gasteiger partial charge is 0.478 e. The molecule has 0 unspecified atom stereocenters. The van der Waals surface area contributed by atoms with Crippen LogP contribution in [0.4, 0.5) is 10.1 Å². The minimum Gasteiger partial charge on any atom is -0.478 e. The van der Waals surface area contributed by atoms with Gasteiger partial charge < -0.3 is 5.11 Å². The number of benzene rings is 1. The average Bonchev–Trinajstić information content (AvgIpc) is 2.74. The average molecular weight is 222 g/mol. The van der Waals surface area contributed by atoms with Crippen LogP contribution in [0.1, 0.15) is 22.3 Å². The SMILES string of the molecule is Cc1ccc(N2CCC=N2)c(C(=O)O)c1F. The molecule has 1 aromatic rings. The molecule has 4 nitrogen and oxygen atoms in total. The molecule has 0 spiro atoms. The quantitative estimate of drug-likeness (QED) is 0.832. The summed E-state index contributed by atoms with van der Waals surface area (Å²) in [6, 6.07) is 3.15. The molecule has 1 aliphatic heterocycles. The molecule has 0 aromatic heterocycles. The van der Waals surface area contributed by atoms with E-state index in [0.717, 1.165) is 6.42 Å². The molecule has 5 heteroatoms. The van der Waals surface area contributed by atoms with Crippen molar-refractivity contribution in [2.45, 2.75) is 13.3 Å². The van der Waals surface area contributed by atoms with Gasteiger partial charge in [0.2, 0.25) is 0 Å². The number of carboxylic acid groups (broad SMARTS) is 1. The van der Waals surface area contributed by atoms with Crippen molar-refractivity contribution in [3.05, 3.63) is 29.1 Å². The zero-order valence-corrected chi connectivity index (χ0v) is 8.77. The fourth-order valence-corrected chi connectivity index (χ4v) is 1.67. The van der Waals surface area contributed by atoms with E-state index in [0.29, 0.717) is 17.8 Å². The Morgan fingerprint density at radius 2 is 2.31 bits per heavy atom. The number of rotatable bonds is 2. The third-order valence-electron chi connectivity index (χ3n) is 2.50. The van der Waals surface area contributed by atoms with Gasteiger partial charge in [0.25, 0.3) is 0 Å². The number of hydrogen-bond acceptors (Lipinski definition) is 3. The van der Waals surface area contributed by atoms with E-state index in [1.807, 2.05) is 0 Å². The number of hydrazone groups is 1. The molecule has 0 radical (unpaired) electrons. The van der Waals surface area contributed by atoms with E-state index < -0.39 is 11.8 Å². The summed E-state index contributed by atoms with van der Waals surface area (Å²) in [4.78, 5) is 11.0. The predicted octanol–water partition coefficient (Wildman–Crippen LogP) is 2.03. The summed E-state index contributed by atoms with van der Waals surface area (Å²) in [6.07, 6.45) is 2.43. The molecule has 84 valence electrons. The van der Waals surface area contributed by atoms with Crippen LogP contribution in [0.2, 0.25) is 0 Å². The van der Waals surface area contributed by atoms with Gasteiger partial charge >= 0.3 is 5.97 Å². The fourth-order valence-electron chi connectivity index (χ4n) is 1.67. The molecule has 0 fully saturated rings. The van der Waals surface area contributed by atoms with Crippen LogP contribution in [0.5, 0.6) is 0 Å². The Hall–Kier alpha value is -1.91. The molecule has 0 aliphatic carbocycles. The first kappa shape index (κ1) is 10.6. The Kier molecular flexibility index (Phi) is 2.60. The Morgan fingerprint density at radius 3 is 2.88 bits per heavy atom. The van der Waals surface area contributed by atoms with Gasteiger partial charge in [-0.2, -0.15) is 5.10 Å². The number of carbonyl (C=O) groups is 1. The molecule has 1 heterocycles. The van der Waals surface area contributed by atoms with Gasteiger partial charge in [-0.15, -0.1) is 0 Å². The van der Waals surface area contributed by atoms with Crippen molar-refractivity contribution >= 4 is 17.9 Å². The van der Waals surface area contributed by atoms with Crippen molar-refractivity contribution in [3.8, 4) is 0 Å².